The SMILES string of the molecule is CCOCC(NCc1cncc(Br)c1)C(C)C. The van der Waals surface area contributed by atoms with Crippen molar-refractivity contribution in [2.24, 2.45) is 5.92 Å². The van der Waals surface area contributed by atoms with E-state index in [9.17, 15) is 0 Å². The van der Waals surface area contributed by atoms with Crippen molar-refractivity contribution >= 4 is 15.9 Å². The molecule has 96 valence electrons. The molecule has 3 nitrogen and oxygen atoms in total. The maximum absolute atomic E-state index is 5.48. The van der Waals surface area contributed by atoms with E-state index in [0.29, 0.717) is 12.0 Å². The van der Waals surface area contributed by atoms with Gasteiger partial charge in [0, 0.05) is 36.1 Å². The fourth-order valence-electron chi connectivity index (χ4n) is 1.53. The molecule has 0 aliphatic carbocycles. The third kappa shape index (κ3) is 5.61. The Morgan fingerprint density at radius 1 is 1.41 bits per heavy atom. The molecule has 1 aromatic rings. The predicted octanol–water partition coefficient (Wildman–Crippen LogP) is 2.99. The molecule has 1 atom stereocenters. The number of pyridine rings is 1. The van der Waals surface area contributed by atoms with Crippen LogP contribution in [-0.4, -0.2) is 24.2 Å². The molecule has 0 spiro atoms. The molecular weight excluding hydrogens is 280 g/mol. The highest BCUT2D eigenvalue weighted by molar-refractivity contribution is 9.10. The number of aromatic nitrogens is 1. The summed E-state index contributed by atoms with van der Waals surface area (Å²) >= 11 is 3.43. The molecule has 0 aromatic carbocycles. The zero-order valence-electron chi connectivity index (χ0n) is 10.7. The van der Waals surface area contributed by atoms with Crippen molar-refractivity contribution in [2.75, 3.05) is 13.2 Å². The van der Waals surface area contributed by atoms with Crippen molar-refractivity contribution < 1.29 is 4.74 Å². The molecule has 1 N–H and O–H groups in total. The Morgan fingerprint density at radius 2 is 2.18 bits per heavy atom. The molecule has 1 aromatic heterocycles. The van der Waals surface area contributed by atoms with Crippen molar-refractivity contribution in [1.82, 2.24) is 10.3 Å². The van der Waals surface area contributed by atoms with Crippen LogP contribution in [0.1, 0.15) is 26.3 Å². The molecule has 0 saturated heterocycles. The first kappa shape index (κ1) is 14.6. The summed E-state index contributed by atoms with van der Waals surface area (Å²) in [5.74, 6) is 0.557. The topological polar surface area (TPSA) is 34.1 Å². The molecule has 0 radical (unpaired) electrons. The van der Waals surface area contributed by atoms with E-state index in [1.165, 1.54) is 5.56 Å². The van der Waals surface area contributed by atoms with Crippen molar-refractivity contribution in [3.05, 3.63) is 28.5 Å². The van der Waals surface area contributed by atoms with Gasteiger partial charge in [-0.1, -0.05) is 13.8 Å². The van der Waals surface area contributed by atoms with Gasteiger partial charge in [-0.25, -0.2) is 0 Å². The fourth-order valence-corrected chi connectivity index (χ4v) is 1.95. The molecule has 1 heterocycles. The monoisotopic (exact) mass is 300 g/mol. The maximum atomic E-state index is 5.48. The molecular formula is C13H21BrN2O. The quantitative estimate of drug-likeness (QED) is 0.840. The Kier molecular flexibility index (Phi) is 6.70. The Hall–Kier alpha value is -0.450. The van der Waals surface area contributed by atoms with Crippen LogP contribution in [-0.2, 0) is 11.3 Å². The van der Waals surface area contributed by atoms with Crippen LogP contribution in [0.25, 0.3) is 0 Å². The number of ether oxygens (including phenoxy) is 1. The molecule has 0 fully saturated rings. The number of hydrogen-bond donors (Lipinski definition) is 1. The van der Waals surface area contributed by atoms with E-state index in [4.69, 9.17) is 4.74 Å². The molecule has 0 aliphatic rings. The number of nitrogens with zero attached hydrogens (tertiary/aromatic N) is 1. The summed E-state index contributed by atoms with van der Waals surface area (Å²) in [4.78, 5) is 4.15. The van der Waals surface area contributed by atoms with Gasteiger partial charge in [-0.2, -0.15) is 0 Å². The first-order valence-corrected chi connectivity index (χ1v) is 6.83. The van der Waals surface area contributed by atoms with Crippen LogP contribution in [0.4, 0.5) is 0 Å². The van der Waals surface area contributed by atoms with Gasteiger partial charge in [0.1, 0.15) is 0 Å². The van der Waals surface area contributed by atoms with Crippen LogP contribution in [0.2, 0.25) is 0 Å². The lowest BCUT2D eigenvalue weighted by Gasteiger charge is -2.22. The first-order valence-electron chi connectivity index (χ1n) is 6.04. The van der Waals surface area contributed by atoms with Crippen LogP contribution in [0.3, 0.4) is 0 Å². The van der Waals surface area contributed by atoms with Crippen molar-refractivity contribution in [2.45, 2.75) is 33.4 Å². The smallest absolute Gasteiger partial charge is 0.0622 e. The van der Waals surface area contributed by atoms with E-state index < -0.39 is 0 Å². The Bertz CT molecular complexity index is 331. The number of nitrogens with one attached hydrogen (secondary N) is 1. The van der Waals surface area contributed by atoms with Crippen LogP contribution in [0.15, 0.2) is 22.9 Å². The summed E-state index contributed by atoms with van der Waals surface area (Å²) in [7, 11) is 0. The number of halogens is 1. The fraction of sp³-hybridized carbons (Fsp3) is 0.615. The van der Waals surface area contributed by atoms with E-state index >= 15 is 0 Å². The molecule has 17 heavy (non-hydrogen) atoms. The standard InChI is InChI=1S/C13H21BrN2O/c1-4-17-9-13(10(2)3)16-7-11-5-12(14)8-15-6-11/h5-6,8,10,13,16H,4,7,9H2,1-3H3. The van der Waals surface area contributed by atoms with Crippen LogP contribution in [0.5, 0.6) is 0 Å². The first-order chi connectivity index (χ1) is 8.13. The third-order valence-electron chi connectivity index (χ3n) is 2.64. The summed E-state index contributed by atoms with van der Waals surface area (Å²) < 4.78 is 6.50. The molecule has 4 heteroatoms. The lowest BCUT2D eigenvalue weighted by atomic mass is 10.1. The highest BCUT2D eigenvalue weighted by Gasteiger charge is 2.12. The van der Waals surface area contributed by atoms with E-state index in [-0.39, 0.29) is 0 Å². The summed E-state index contributed by atoms with van der Waals surface area (Å²) in [6, 6.07) is 2.46. The largest absolute Gasteiger partial charge is 0.380 e. The van der Waals surface area contributed by atoms with Crippen molar-refractivity contribution in [1.29, 1.82) is 0 Å². The predicted molar refractivity (Wildman–Crippen MR) is 73.9 cm³/mol. The van der Waals surface area contributed by atoms with Gasteiger partial charge in [-0.05, 0) is 40.4 Å². The minimum Gasteiger partial charge on any atom is -0.380 e. The Labute approximate surface area is 112 Å². The highest BCUT2D eigenvalue weighted by Crippen LogP contribution is 2.10. The third-order valence-corrected chi connectivity index (χ3v) is 3.07. The van der Waals surface area contributed by atoms with Crippen LogP contribution < -0.4 is 5.32 Å². The van der Waals surface area contributed by atoms with Gasteiger partial charge in [-0.3, -0.25) is 4.98 Å². The molecule has 1 rings (SSSR count). The zero-order chi connectivity index (χ0) is 12.7. The zero-order valence-corrected chi connectivity index (χ0v) is 12.3. The van der Waals surface area contributed by atoms with Gasteiger partial charge in [0.15, 0.2) is 0 Å². The summed E-state index contributed by atoms with van der Waals surface area (Å²) in [5.41, 5.74) is 1.18. The van der Waals surface area contributed by atoms with Gasteiger partial charge in [0.25, 0.3) is 0 Å². The van der Waals surface area contributed by atoms with Gasteiger partial charge in [0.2, 0.25) is 0 Å². The van der Waals surface area contributed by atoms with Gasteiger partial charge in [0.05, 0.1) is 6.61 Å². The molecule has 1 unspecified atom stereocenters. The van der Waals surface area contributed by atoms with Gasteiger partial charge >= 0.3 is 0 Å². The summed E-state index contributed by atoms with van der Waals surface area (Å²) in [6.07, 6.45) is 3.68. The summed E-state index contributed by atoms with van der Waals surface area (Å²) in [5, 5.41) is 3.51. The Morgan fingerprint density at radius 3 is 2.76 bits per heavy atom. The van der Waals surface area contributed by atoms with Crippen LogP contribution >= 0.6 is 15.9 Å². The van der Waals surface area contributed by atoms with Gasteiger partial charge < -0.3 is 10.1 Å². The van der Waals surface area contributed by atoms with Crippen molar-refractivity contribution in [3.63, 3.8) is 0 Å². The second-order valence-electron chi connectivity index (χ2n) is 4.40. The lowest BCUT2D eigenvalue weighted by molar-refractivity contribution is 0.108. The molecule has 0 amide bonds. The summed E-state index contributed by atoms with van der Waals surface area (Å²) in [6.45, 7) is 8.78. The van der Waals surface area contributed by atoms with Crippen molar-refractivity contribution in [3.8, 4) is 0 Å². The van der Waals surface area contributed by atoms with E-state index in [1.54, 1.807) is 6.20 Å². The second-order valence-corrected chi connectivity index (χ2v) is 5.32. The minimum atomic E-state index is 0.383. The van der Waals surface area contributed by atoms with E-state index in [1.807, 2.05) is 13.1 Å². The van der Waals surface area contributed by atoms with E-state index in [2.05, 4.69) is 46.1 Å². The molecule has 0 saturated carbocycles. The second kappa shape index (κ2) is 7.80. The molecule has 0 aliphatic heterocycles. The van der Waals surface area contributed by atoms with Gasteiger partial charge in [-0.15, -0.1) is 0 Å². The van der Waals surface area contributed by atoms with E-state index in [0.717, 1.165) is 24.2 Å². The Balaban J connectivity index is 2.45. The number of rotatable bonds is 7. The maximum Gasteiger partial charge on any atom is 0.0622 e. The average molecular weight is 301 g/mol. The highest BCUT2D eigenvalue weighted by atomic mass is 79.9. The molecule has 0 bridgehead atoms. The van der Waals surface area contributed by atoms with Crippen LogP contribution in [0, 0.1) is 5.92 Å². The average Bonchev–Trinajstić information content (AvgIpc) is 2.28. The normalized spacial score (nSPS) is 13.0. The lowest BCUT2D eigenvalue weighted by Crippen LogP contribution is -2.37. The number of hydrogen-bond acceptors (Lipinski definition) is 3. The minimum absolute atomic E-state index is 0.383.